The van der Waals surface area contributed by atoms with Gasteiger partial charge in [0.15, 0.2) is 11.7 Å². The molecule has 1 heterocycles. The smallest absolute Gasteiger partial charge is 0.245 e. The van der Waals surface area contributed by atoms with Crippen molar-refractivity contribution in [3.63, 3.8) is 0 Å². The minimum Gasteiger partial charge on any atom is -0.489 e. The van der Waals surface area contributed by atoms with Crippen molar-refractivity contribution in [2.24, 2.45) is 5.92 Å². The number of carbonyl (C=O) groups is 2. The van der Waals surface area contributed by atoms with E-state index in [1.165, 1.54) is 0 Å². The molecule has 0 radical (unpaired) electrons. The third-order valence-corrected chi connectivity index (χ3v) is 5.31. The fraction of sp³-hybridized carbons (Fsp3) is 0.455. The summed E-state index contributed by atoms with van der Waals surface area (Å²) in [7, 11) is 0. The fourth-order valence-electron chi connectivity index (χ4n) is 3.51. The minimum absolute atomic E-state index is 0.0556. The van der Waals surface area contributed by atoms with Crippen LogP contribution in [0.3, 0.4) is 0 Å². The van der Waals surface area contributed by atoms with Crippen molar-refractivity contribution >= 4 is 11.7 Å². The Hall–Kier alpha value is -3.14. The second-order valence-corrected chi connectivity index (χ2v) is 7.39. The van der Waals surface area contributed by atoms with E-state index in [0.29, 0.717) is 23.7 Å². The zero-order chi connectivity index (χ0) is 20.8. The van der Waals surface area contributed by atoms with Gasteiger partial charge in [-0.15, -0.1) is 0 Å². The lowest BCUT2D eigenvalue weighted by molar-refractivity contribution is -0.123. The average Bonchev–Trinajstić information content (AvgIpc) is 3.05. The molecule has 0 aliphatic heterocycles. The first-order valence-electron chi connectivity index (χ1n) is 9.88. The Labute approximate surface area is 170 Å². The Morgan fingerprint density at radius 2 is 1.93 bits per heavy atom. The van der Waals surface area contributed by atoms with Crippen LogP contribution in [0.4, 0.5) is 0 Å². The summed E-state index contributed by atoms with van der Waals surface area (Å²) < 4.78 is 10.8. The molecule has 1 atom stereocenters. The maximum atomic E-state index is 12.7. The Morgan fingerprint density at radius 1 is 1.24 bits per heavy atom. The number of aromatic nitrogens is 1. The van der Waals surface area contributed by atoms with E-state index in [0.717, 1.165) is 43.4 Å². The van der Waals surface area contributed by atoms with Gasteiger partial charge >= 0.3 is 0 Å². The van der Waals surface area contributed by atoms with Crippen LogP contribution in [0.15, 0.2) is 28.8 Å². The highest BCUT2D eigenvalue weighted by molar-refractivity contribution is 6.12. The van der Waals surface area contributed by atoms with Gasteiger partial charge in [-0.1, -0.05) is 24.4 Å². The fourth-order valence-corrected chi connectivity index (χ4v) is 3.51. The molecule has 1 N–H and O–H groups in total. The summed E-state index contributed by atoms with van der Waals surface area (Å²) in [5.41, 5.74) is 1.96. The first-order valence-corrected chi connectivity index (χ1v) is 9.88. The van der Waals surface area contributed by atoms with E-state index in [2.05, 4.69) is 10.5 Å². The van der Waals surface area contributed by atoms with Crippen LogP contribution < -0.4 is 10.1 Å². The lowest BCUT2D eigenvalue weighted by Gasteiger charge is -2.23. The average molecular weight is 395 g/mol. The quantitative estimate of drug-likeness (QED) is 0.567. The summed E-state index contributed by atoms with van der Waals surface area (Å²) in [5, 5.41) is 16.1. The van der Waals surface area contributed by atoms with E-state index in [4.69, 9.17) is 9.26 Å². The molecule has 3 rings (SSSR count). The molecule has 2 aromatic rings. The standard InChI is InChI=1S/C22H25N3O4/c1-14-20(15(2)29-25-14)13-28-18-10-8-16(9-11-18)21(26)19(12-23)22(27)24-17-6-4-3-5-7-17/h8-11,17,19H,3-7,13H2,1-2H3,(H,24,27). The van der Waals surface area contributed by atoms with Gasteiger partial charge in [0.2, 0.25) is 5.91 Å². The maximum absolute atomic E-state index is 12.7. The van der Waals surface area contributed by atoms with E-state index < -0.39 is 17.6 Å². The number of nitrogens with zero attached hydrogens (tertiary/aromatic N) is 2. The van der Waals surface area contributed by atoms with Crippen molar-refractivity contribution in [1.29, 1.82) is 5.26 Å². The maximum Gasteiger partial charge on any atom is 0.245 e. The van der Waals surface area contributed by atoms with Crippen molar-refractivity contribution in [2.75, 3.05) is 0 Å². The van der Waals surface area contributed by atoms with Crippen LogP contribution in [0.25, 0.3) is 0 Å². The van der Waals surface area contributed by atoms with Gasteiger partial charge in [0, 0.05) is 11.6 Å². The summed E-state index contributed by atoms with van der Waals surface area (Å²) in [6.07, 6.45) is 5.08. The molecule has 1 aliphatic rings. The zero-order valence-corrected chi connectivity index (χ0v) is 16.7. The van der Waals surface area contributed by atoms with E-state index in [1.54, 1.807) is 24.3 Å². The molecule has 0 saturated heterocycles. The monoisotopic (exact) mass is 395 g/mol. The van der Waals surface area contributed by atoms with Gasteiger partial charge in [-0.05, 0) is 51.0 Å². The van der Waals surface area contributed by atoms with Gasteiger partial charge in [0.25, 0.3) is 0 Å². The van der Waals surface area contributed by atoms with Crippen LogP contribution in [-0.4, -0.2) is 22.9 Å². The molecule has 1 fully saturated rings. The molecule has 1 aliphatic carbocycles. The summed E-state index contributed by atoms with van der Waals surface area (Å²) in [4.78, 5) is 25.1. The van der Waals surface area contributed by atoms with Gasteiger partial charge in [-0.2, -0.15) is 5.26 Å². The van der Waals surface area contributed by atoms with Crippen LogP contribution in [0.2, 0.25) is 0 Å². The van der Waals surface area contributed by atoms with E-state index >= 15 is 0 Å². The number of Topliss-reactive ketones (excluding diaryl/α,β-unsaturated/α-hetero) is 1. The zero-order valence-electron chi connectivity index (χ0n) is 16.7. The Kier molecular flexibility index (Phi) is 6.65. The van der Waals surface area contributed by atoms with Gasteiger partial charge in [0.05, 0.1) is 17.3 Å². The molecule has 1 unspecified atom stereocenters. The Balaban J connectivity index is 1.60. The van der Waals surface area contributed by atoms with Crippen LogP contribution in [0, 0.1) is 31.1 Å². The molecule has 0 spiro atoms. The topological polar surface area (TPSA) is 105 Å². The molecule has 1 aromatic carbocycles. The molecule has 1 amide bonds. The van der Waals surface area contributed by atoms with Crippen molar-refractivity contribution in [3.05, 3.63) is 46.8 Å². The number of carbonyl (C=O) groups excluding carboxylic acids is 2. The number of amides is 1. The highest BCUT2D eigenvalue weighted by atomic mass is 16.5. The highest BCUT2D eigenvalue weighted by Crippen LogP contribution is 2.21. The molecule has 7 heteroatoms. The number of nitriles is 1. The van der Waals surface area contributed by atoms with E-state index in [-0.39, 0.29) is 6.04 Å². The van der Waals surface area contributed by atoms with Crippen molar-refractivity contribution < 1.29 is 18.8 Å². The summed E-state index contributed by atoms with van der Waals surface area (Å²) in [6, 6.07) is 8.35. The third kappa shape index (κ3) is 5.02. The first kappa shape index (κ1) is 20.6. The normalized spacial score (nSPS) is 15.3. The second kappa shape index (κ2) is 9.37. The number of nitrogens with one attached hydrogen (secondary N) is 1. The van der Waals surface area contributed by atoms with E-state index in [1.807, 2.05) is 19.9 Å². The Morgan fingerprint density at radius 3 is 2.52 bits per heavy atom. The molecule has 152 valence electrons. The van der Waals surface area contributed by atoms with E-state index in [9.17, 15) is 14.9 Å². The van der Waals surface area contributed by atoms with Gasteiger partial charge in [-0.3, -0.25) is 9.59 Å². The lowest BCUT2D eigenvalue weighted by atomic mass is 9.93. The predicted molar refractivity (Wildman–Crippen MR) is 105 cm³/mol. The number of rotatable bonds is 7. The van der Waals surface area contributed by atoms with Crippen molar-refractivity contribution in [2.45, 2.75) is 58.6 Å². The summed E-state index contributed by atoms with van der Waals surface area (Å²) in [5.74, 6) is -1.08. The summed E-state index contributed by atoms with van der Waals surface area (Å²) in [6.45, 7) is 3.97. The second-order valence-electron chi connectivity index (χ2n) is 7.39. The van der Waals surface area contributed by atoms with Gasteiger partial charge < -0.3 is 14.6 Å². The SMILES string of the molecule is Cc1noc(C)c1COc1ccc(C(=O)C(C#N)C(=O)NC2CCCCC2)cc1. The largest absolute Gasteiger partial charge is 0.489 e. The molecular weight excluding hydrogens is 370 g/mol. The number of ketones is 1. The van der Waals surface area contributed by atoms with Crippen LogP contribution in [0.1, 0.15) is 59.5 Å². The van der Waals surface area contributed by atoms with Crippen LogP contribution >= 0.6 is 0 Å². The predicted octanol–water partition coefficient (Wildman–Crippen LogP) is 3.64. The minimum atomic E-state index is -1.34. The molecule has 1 saturated carbocycles. The van der Waals surface area contributed by atoms with Crippen LogP contribution in [0.5, 0.6) is 5.75 Å². The Bertz CT molecular complexity index is 886. The molecule has 29 heavy (non-hydrogen) atoms. The van der Waals surface area contributed by atoms with Gasteiger partial charge in [0.1, 0.15) is 18.1 Å². The first-order chi connectivity index (χ1) is 14.0. The molecule has 7 nitrogen and oxygen atoms in total. The number of hydrogen-bond donors (Lipinski definition) is 1. The third-order valence-electron chi connectivity index (χ3n) is 5.31. The lowest BCUT2D eigenvalue weighted by Crippen LogP contribution is -2.42. The molecule has 0 bridgehead atoms. The number of hydrogen-bond acceptors (Lipinski definition) is 6. The van der Waals surface area contributed by atoms with Gasteiger partial charge in [-0.25, -0.2) is 0 Å². The number of benzene rings is 1. The molecule has 1 aromatic heterocycles. The summed E-state index contributed by atoms with van der Waals surface area (Å²) >= 11 is 0. The van der Waals surface area contributed by atoms with Crippen LogP contribution in [-0.2, 0) is 11.4 Å². The highest BCUT2D eigenvalue weighted by Gasteiger charge is 2.29. The molecular formula is C22H25N3O4. The van der Waals surface area contributed by atoms with Crippen molar-refractivity contribution in [1.82, 2.24) is 10.5 Å². The number of aryl methyl sites for hydroxylation is 2. The number of ether oxygens (including phenoxy) is 1. The van der Waals surface area contributed by atoms with Crippen molar-refractivity contribution in [3.8, 4) is 11.8 Å².